The molecule has 1 atom stereocenters. The van der Waals surface area contributed by atoms with E-state index in [1.807, 2.05) is 49.8 Å². The molecule has 1 aromatic heterocycles. The Bertz CT molecular complexity index is 596. The molecule has 23 heavy (non-hydrogen) atoms. The second-order valence-corrected chi connectivity index (χ2v) is 7.31. The summed E-state index contributed by atoms with van der Waals surface area (Å²) in [5.74, 6) is 0.0945. The van der Waals surface area contributed by atoms with Gasteiger partial charge in [-0.2, -0.15) is 0 Å². The van der Waals surface area contributed by atoms with Crippen molar-refractivity contribution in [3.63, 3.8) is 0 Å². The van der Waals surface area contributed by atoms with E-state index >= 15 is 0 Å². The highest BCUT2D eigenvalue weighted by Gasteiger charge is 2.15. The monoisotopic (exact) mass is 350 g/mol. The van der Waals surface area contributed by atoms with Crippen LogP contribution in [0.1, 0.15) is 29.3 Å². The summed E-state index contributed by atoms with van der Waals surface area (Å²) < 4.78 is 0. The maximum absolute atomic E-state index is 12.3. The van der Waals surface area contributed by atoms with E-state index < -0.39 is 0 Å². The zero-order chi connectivity index (χ0) is 16.7. The average Bonchev–Trinajstić information content (AvgIpc) is 3.03. The number of carbonyl (C=O) groups excluding carboxylic acids is 1. The minimum atomic E-state index is 0.0190. The number of benzene rings is 1. The quantitative estimate of drug-likeness (QED) is 0.775. The zero-order valence-corrected chi connectivity index (χ0v) is 15.2. The molecule has 124 valence electrons. The second kappa shape index (κ2) is 9.06. The summed E-state index contributed by atoms with van der Waals surface area (Å²) in [7, 11) is 4.08. The first kappa shape index (κ1) is 18.0. The van der Waals surface area contributed by atoms with Gasteiger partial charge in [0.25, 0.3) is 0 Å². The first-order valence-corrected chi connectivity index (χ1v) is 9.02. The van der Waals surface area contributed by atoms with Crippen LogP contribution in [-0.4, -0.2) is 31.4 Å². The van der Waals surface area contributed by atoms with Crippen molar-refractivity contribution in [1.82, 2.24) is 10.2 Å². The third-order valence-corrected chi connectivity index (χ3v) is 4.84. The highest BCUT2D eigenvalue weighted by atomic mass is 35.5. The summed E-state index contributed by atoms with van der Waals surface area (Å²) >= 11 is 7.66. The Morgan fingerprint density at radius 3 is 2.61 bits per heavy atom. The number of aryl methyl sites for hydroxylation is 1. The number of rotatable bonds is 8. The van der Waals surface area contributed by atoms with Crippen LogP contribution in [0.3, 0.4) is 0 Å². The fraction of sp³-hybridized carbons (Fsp3) is 0.389. The van der Waals surface area contributed by atoms with Crippen LogP contribution >= 0.6 is 22.9 Å². The summed E-state index contributed by atoms with van der Waals surface area (Å²) in [4.78, 5) is 15.7. The first-order chi connectivity index (χ1) is 11.0. The summed E-state index contributed by atoms with van der Waals surface area (Å²) in [5, 5.41) is 5.92. The van der Waals surface area contributed by atoms with Gasteiger partial charge in [-0.25, -0.2) is 0 Å². The number of hydrogen-bond donors (Lipinski definition) is 1. The molecule has 0 saturated carbocycles. The van der Waals surface area contributed by atoms with Crippen LogP contribution in [-0.2, 0) is 11.2 Å². The smallest absolute Gasteiger partial charge is 0.220 e. The van der Waals surface area contributed by atoms with Crippen LogP contribution in [0, 0.1) is 0 Å². The molecule has 2 rings (SSSR count). The summed E-state index contributed by atoms with van der Waals surface area (Å²) in [6.07, 6.45) is 2.19. The van der Waals surface area contributed by atoms with Gasteiger partial charge in [-0.05, 0) is 62.6 Å². The van der Waals surface area contributed by atoms with Gasteiger partial charge >= 0.3 is 0 Å². The van der Waals surface area contributed by atoms with E-state index in [9.17, 15) is 4.79 Å². The van der Waals surface area contributed by atoms with E-state index in [4.69, 9.17) is 11.6 Å². The molecule has 1 heterocycles. The van der Waals surface area contributed by atoms with Crippen molar-refractivity contribution in [3.8, 4) is 0 Å². The second-order valence-electron chi connectivity index (χ2n) is 5.84. The summed E-state index contributed by atoms with van der Waals surface area (Å²) in [5.41, 5.74) is 1.10. The minimum absolute atomic E-state index is 0.0190. The number of halogens is 1. The van der Waals surface area contributed by atoms with E-state index in [2.05, 4.69) is 16.3 Å². The molecule has 1 aromatic carbocycles. The summed E-state index contributed by atoms with van der Waals surface area (Å²) in [6, 6.07) is 11.8. The van der Waals surface area contributed by atoms with E-state index in [1.165, 1.54) is 4.88 Å². The average molecular weight is 351 g/mol. The Balaban J connectivity index is 1.95. The Morgan fingerprint density at radius 2 is 2.00 bits per heavy atom. The molecule has 0 bridgehead atoms. The molecule has 1 N–H and O–H groups in total. The largest absolute Gasteiger partial charge is 0.349 e. The van der Waals surface area contributed by atoms with E-state index in [0.717, 1.165) is 24.9 Å². The molecular formula is C18H23ClN2OS. The van der Waals surface area contributed by atoms with Gasteiger partial charge in [0, 0.05) is 16.3 Å². The Morgan fingerprint density at radius 1 is 1.26 bits per heavy atom. The van der Waals surface area contributed by atoms with Crippen molar-refractivity contribution in [2.45, 2.75) is 25.3 Å². The van der Waals surface area contributed by atoms with Crippen LogP contribution in [0.5, 0.6) is 0 Å². The van der Waals surface area contributed by atoms with E-state index in [1.54, 1.807) is 11.3 Å². The number of nitrogens with zero attached hydrogens (tertiary/aromatic N) is 1. The van der Waals surface area contributed by atoms with Crippen LogP contribution in [0.4, 0.5) is 0 Å². The fourth-order valence-electron chi connectivity index (χ4n) is 2.36. The number of hydrogen-bond acceptors (Lipinski definition) is 3. The van der Waals surface area contributed by atoms with Gasteiger partial charge in [-0.3, -0.25) is 4.79 Å². The van der Waals surface area contributed by atoms with Crippen molar-refractivity contribution in [3.05, 3.63) is 57.2 Å². The maximum atomic E-state index is 12.3. The van der Waals surface area contributed by atoms with Crippen molar-refractivity contribution >= 4 is 28.8 Å². The topological polar surface area (TPSA) is 32.3 Å². The molecule has 1 amide bonds. The third kappa shape index (κ3) is 6.34. The van der Waals surface area contributed by atoms with Gasteiger partial charge in [0.1, 0.15) is 0 Å². The lowest BCUT2D eigenvalue weighted by molar-refractivity contribution is -0.121. The normalized spacial score (nSPS) is 12.3. The van der Waals surface area contributed by atoms with Crippen molar-refractivity contribution in [1.29, 1.82) is 0 Å². The zero-order valence-electron chi connectivity index (χ0n) is 13.6. The molecule has 0 fully saturated rings. The highest BCUT2D eigenvalue weighted by molar-refractivity contribution is 7.09. The highest BCUT2D eigenvalue weighted by Crippen LogP contribution is 2.20. The van der Waals surface area contributed by atoms with Gasteiger partial charge in [0.15, 0.2) is 0 Å². The van der Waals surface area contributed by atoms with Gasteiger partial charge in [-0.15, -0.1) is 11.3 Å². The molecule has 0 aliphatic heterocycles. The van der Waals surface area contributed by atoms with Crippen molar-refractivity contribution in [2.24, 2.45) is 0 Å². The molecule has 3 nitrogen and oxygen atoms in total. The molecule has 0 aliphatic carbocycles. The van der Waals surface area contributed by atoms with Crippen LogP contribution in [0.25, 0.3) is 0 Å². The molecule has 0 radical (unpaired) electrons. The molecular weight excluding hydrogens is 328 g/mol. The summed E-state index contributed by atoms with van der Waals surface area (Å²) in [6.45, 7) is 0.915. The predicted molar refractivity (Wildman–Crippen MR) is 98.1 cm³/mol. The Hall–Kier alpha value is -1.36. The number of nitrogens with one attached hydrogen (secondary N) is 1. The SMILES string of the molecule is CN(C)CCC(NC(=O)CCc1cccs1)c1ccc(Cl)cc1. The number of thiophene rings is 1. The van der Waals surface area contributed by atoms with Gasteiger partial charge in [0.2, 0.25) is 5.91 Å². The molecule has 0 aliphatic rings. The predicted octanol–water partition coefficient (Wildman–Crippen LogP) is 4.14. The number of carbonyl (C=O) groups is 1. The minimum Gasteiger partial charge on any atom is -0.349 e. The van der Waals surface area contributed by atoms with Crippen LogP contribution in [0.2, 0.25) is 5.02 Å². The fourth-order valence-corrected chi connectivity index (χ4v) is 3.20. The molecule has 5 heteroatoms. The molecule has 1 unspecified atom stereocenters. The molecule has 0 saturated heterocycles. The van der Waals surface area contributed by atoms with Crippen molar-refractivity contribution < 1.29 is 4.79 Å². The van der Waals surface area contributed by atoms with E-state index in [-0.39, 0.29) is 11.9 Å². The lowest BCUT2D eigenvalue weighted by atomic mass is 10.0. The van der Waals surface area contributed by atoms with Crippen LogP contribution in [0.15, 0.2) is 41.8 Å². The van der Waals surface area contributed by atoms with Crippen LogP contribution < -0.4 is 5.32 Å². The number of amides is 1. The molecule has 2 aromatic rings. The van der Waals surface area contributed by atoms with Gasteiger partial charge < -0.3 is 10.2 Å². The molecule has 0 spiro atoms. The third-order valence-electron chi connectivity index (χ3n) is 3.65. The van der Waals surface area contributed by atoms with Crippen molar-refractivity contribution in [2.75, 3.05) is 20.6 Å². The first-order valence-electron chi connectivity index (χ1n) is 7.76. The van der Waals surface area contributed by atoms with Gasteiger partial charge in [0.05, 0.1) is 6.04 Å². The lowest BCUT2D eigenvalue weighted by Gasteiger charge is -2.21. The standard InChI is InChI=1S/C18H23ClN2OS/c1-21(2)12-11-17(14-5-7-15(19)8-6-14)20-18(22)10-9-16-4-3-13-23-16/h3-8,13,17H,9-12H2,1-2H3,(H,20,22). The van der Waals surface area contributed by atoms with Gasteiger partial charge in [-0.1, -0.05) is 29.8 Å². The van der Waals surface area contributed by atoms with E-state index in [0.29, 0.717) is 11.4 Å². The Labute approximate surface area is 147 Å². The lowest BCUT2D eigenvalue weighted by Crippen LogP contribution is -2.31. The Kier molecular flexibility index (Phi) is 7.09. The maximum Gasteiger partial charge on any atom is 0.220 e.